The summed E-state index contributed by atoms with van der Waals surface area (Å²) in [6, 6.07) is 16.2. The molecule has 1 amide bonds. The van der Waals surface area contributed by atoms with Crippen molar-refractivity contribution >= 4 is 29.3 Å². The average molecular weight is 417 g/mol. The molecule has 0 aliphatic heterocycles. The Bertz CT molecular complexity index is 916. The number of aromatic nitrogens is 3. The Morgan fingerprint density at radius 3 is 2.61 bits per heavy atom. The molecule has 1 heterocycles. The van der Waals surface area contributed by atoms with E-state index in [-0.39, 0.29) is 11.9 Å². The van der Waals surface area contributed by atoms with Crippen LogP contribution in [-0.4, -0.2) is 33.0 Å². The number of halogens is 1. The standard InChI is InChI=1S/C20H21ClN4O2S/c1-14(22-19(26)15-8-10-16(21)11-9-15)18-23-24-20(25(18)2)28-13-12-27-17-6-4-3-5-7-17/h3-11,14H,12-13H2,1-2H3,(H,22,26)/t14-/m1/s1. The Morgan fingerprint density at radius 2 is 1.89 bits per heavy atom. The second-order valence-electron chi connectivity index (χ2n) is 6.11. The van der Waals surface area contributed by atoms with Crippen molar-refractivity contribution in [1.82, 2.24) is 20.1 Å². The van der Waals surface area contributed by atoms with E-state index < -0.39 is 0 Å². The van der Waals surface area contributed by atoms with Crippen molar-refractivity contribution in [1.29, 1.82) is 0 Å². The number of carbonyl (C=O) groups is 1. The van der Waals surface area contributed by atoms with E-state index in [1.54, 1.807) is 36.0 Å². The second kappa shape index (κ2) is 9.61. The number of hydrogen-bond acceptors (Lipinski definition) is 5. The van der Waals surface area contributed by atoms with Gasteiger partial charge in [-0.3, -0.25) is 4.79 Å². The Hall–Kier alpha value is -2.51. The molecular weight excluding hydrogens is 396 g/mol. The quantitative estimate of drug-likeness (QED) is 0.441. The Balaban J connectivity index is 1.52. The molecule has 0 aliphatic rings. The molecule has 0 fully saturated rings. The lowest BCUT2D eigenvalue weighted by atomic mass is 10.2. The van der Waals surface area contributed by atoms with Crippen LogP contribution in [0.1, 0.15) is 29.1 Å². The summed E-state index contributed by atoms with van der Waals surface area (Å²) in [6.45, 7) is 2.45. The maximum atomic E-state index is 12.4. The number of amides is 1. The molecule has 1 aromatic heterocycles. The third-order valence-corrected chi connectivity index (χ3v) is 5.27. The summed E-state index contributed by atoms with van der Waals surface area (Å²) in [6.07, 6.45) is 0. The molecule has 0 aliphatic carbocycles. The molecule has 146 valence electrons. The monoisotopic (exact) mass is 416 g/mol. The van der Waals surface area contributed by atoms with Gasteiger partial charge in [0.2, 0.25) is 0 Å². The summed E-state index contributed by atoms with van der Waals surface area (Å²) < 4.78 is 7.58. The first-order chi connectivity index (χ1) is 13.5. The first-order valence-corrected chi connectivity index (χ1v) is 10.2. The number of carbonyl (C=O) groups excluding carboxylic acids is 1. The van der Waals surface area contributed by atoms with Crippen molar-refractivity contribution in [3.63, 3.8) is 0 Å². The Kier molecular flexibility index (Phi) is 6.95. The summed E-state index contributed by atoms with van der Waals surface area (Å²) in [5.41, 5.74) is 0.547. The minimum atomic E-state index is -0.282. The highest BCUT2D eigenvalue weighted by Crippen LogP contribution is 2.20. The van der Waals surface area contributed by atoms with Crippen LogP contribution in [0.2, 0.25) is 5.02 Å². The number of nitrogens with one attached hydrogen (secondary N) is 1. The molecule has 0 bridgehead atoms. The van der Waals surface area contributed by atoms with Gasteiger partial charge in [-0.2, -0.15) is 0 Å². The summed E-state index contributed by atoms with van der Waals surface area (Å²) in [4.78, 5) is 12.4. The van der Waals surface area contributed by atoms with Gasteiger partial charge in [-0.1, -0.05) is 41.6 Å². The number of benzene rings is 2. The molecule has 3 aromatic rings. The Morgan fingerprint density at radius 1 is 1.18 bits per heavy atom. The van der Waals surface area contributed by atoms with Crippen LogP contribution in [0.25, 0.3) is 0 Å². The van der Waals surface area contributed by atoms with Crippen LogP contribution >= 0.6 is 23.4 Å². The summed E-state index contributed by atoms with van der Waals surface area (Å²) in [5.74, 6) is 2.10. The van der Waals surface area contributed by atoms with E-state index in [1.165, 1.54) is 0 Å². The molecule has 0 saturated heterocycles. The van der Waals surface area contributed by atoms with Gasteiger partial charge in [-0.05, 0) is 43.3 Å². The topological polar surface area (TPSA) is 69.0 Å². The summed E-state index contributed by atoms with van der Waals surface area (Å²) >= 11 is 7.42. The van der Waals surface area contributed by atoms with E-state index in [0.29, 0.717) is 23.0 Å². The molecule has 6 nitrogen and oxygen atoms in total. The second-order valence-corrected chi connectivity index (χ2v) is 7.61. The van der Waals surface area contributed by atoms with Crippen molar-refractivity contribution in [2.75, 3.05) is 12.4 Å². The fraction of sp³-hybridized carbons (Fsp3) is 0.250. The van der Waals surface area contributed by atoms with E-state index >= 15 is 0 Å². The lowest BCUT2D eigenvalue weighted by Crippen LogP contribution is -2.28. The molecule has 0 saturated carbocycles. The molecular formula is C20H21ClN4O2S. The zero-order valence-corrected chi connectivity index (χ0v) is 17.2. The Labute approximate surface area is 173 Å². The van der Waals surface area contributed by atoms with Crippen LogP contribution in [0.5, 0.6) is 5.75 Å². The van der Waals surface area contributed by atoms with Crippen molar-refractivity contribution in [2.24, 2.45) is 7.05 Å². The van der Waals surface area contributed by atoms with Crippen LogP contribution in [-0.2, 0) is 7.05 Å². The van der Waals surface area contributed by atoms with Gasteiger partial charge in [0.15, 0.2) is 11.0 Å². The zero-order chi connectivity index (χ0) is 19.9. The number of para-hydroxylation sites is 1. The number of thioether (sulfide) groups is 1. The highest BCUT2D eigenvalue weighted by atomic mass is 35.5. The largest absolute Gasteiger partial charge is 0.493 e. The lowest BCUT2D eigenvalue weighted by molar-refractivity contribution is 0.0937. The minimum Gasteiger partial charge on any atom is -0.493 e. The normalized spacial score (nSPS) is 11.8. The fourth-order valence-corrected chi connectivity index (χ4v) is 3.44. The van der Waals surface area contributed by atoms with E-state index in [1.807, 2.05) is 48.9 Å². The smallest absolute Gasteiger partial charge is 0.251 e. The summed E-state index contributed by atoms with van der Waals surface area (Å²) in [5, 5.41) is 12.8. The molecule has 0 radical (unpaired) electrons. The molecule has 1 N–H and O–H groups in total. The minimum absolute atomic E-state index is 0.183. The van der Waals surface area contributed by atoms with Crippen LogP contribution in [0, 0.1) is 0 Å². The molecule has 2 aromatic carbocycles. The number of rotatable bonds is 8. The number of hydrogen-bond donors (Lipinski definition) is 1. The van der Waals surface area contributed by atoms with Crippen molar-refractivity contribution in [2.45, 2.75) is 18.1 Å². The molecule has 0 unspecified atom stereocenters. The predicted molar refractivity (Wildman–Crippen MR) is 111 cm³/mol. The molecule has 8 heteroatoms. The van der Waals surface area contributed by atoms with Crippen LogP contribution < -0.4 is 10.1 Å². The molecule has 1 atom stereocenters. The van der Waals surface area contributed by atoms with Crippen molar-refractivity contribution < 1.29 is 9.53 Å². The highest BCUT2D eigenvalue weighted by molar-refractivity contribution is 7.99. The molecule has 3 rings (SSSR count). The van der Waals surface area contributed by atoms with Crippen molar-refractivity contribution in [3.05, 3.63) is 71.0 Å². The van der Waals surface area contributed by atoms with Gasteiger partial charge in [-0.15, -0.1) is 10.2 Å². The SMILES string of the molecule is C[C@@H](NC(=O)c1ccc(Cl)cc1)c1nnc(SCCOc2ccccc2)n1C. The van der Waals surface area contributed by atoms with Gasteiger partial charge < -0.3 is 14.6 Å². The van der Waals surface area contributed by atoms with Gasteiger partial charge in [0.1, 0.15) is 5.75 Å². The third-order valence-electron chi connectivity index (χ3n) is 4.04. The third kappa shape index (κ3) is 5.27. The first kappa shape index (κ1) is 20.2. The van der Waals surface area contributed by atoms with Crippen LogP contribution in [0.4, 0.5) is 0 Å². The number of ether oxygens (including phenoxy) is 1. The van der Waals surface area contributed by atoms with Crippen LogP contribution in [0.3, 0.4) is 0 Å². The van der Waals surface area contributed by atoms with E-state index in [4.69, 9.17) is 16.3 Å². The van der Waals surface area contributed by atoms with Crippen molar-refractivity contribution in [3.8, 4) is 5.75 Å². The maximum absolute atomic E-state index is 12.4. The van der Waals surface area contributed by atoms with E-state index in [0.717, 1.165) is 16.7 Å². The average Bonchev–Trinajstić information content (AvgIpc) is 3.07. The van der Waals surface area contributed by atoms with Gasteiger partial charge in [0.05, 0.1) is 12.6 Å². The lowest BCUT2D eigenvalue weighted by Gasteiger charge is -2.13. The summed E-state index contributed by atoms with van der Waals surface area (Å²) in [7, 11) is 1.89. The first-order valence-electron chi connectivity index (χ1n) is 8.81. The van der Waals surface area contributed by atoms with Gasteiger partial charge in [0.25, 0.3) is 5.91 Å². The fourth-order valence-electron chi connectivity index (χ4n) is 2.58. The molecule has 28 heavy (non-hydrogen) atoms. The molecule has 0 spiro atoms. The maximum Gasteiger partial charge on any atom is 0.251 e. The van der Waals surface area contributed by atoms with E-state index in [9.17, 15) is 4.79 Å². The predicted octanol–water partition coefficient (Wildman–Crippen LogP) is 4.13. The van der Waals surface area contributed by atoms with E-state index in [2.05, 4.69) is 15.5 Å². The number of nitrogens with zero attached hydrogens (tertiary/aromatic N) is 3. The van der Waals surface area contributed by atoms with Gasteiger partial charge in [0, 0.05) is 23.4 Å². The van der Waals surface area contributed by atoms with Crippen LogP contribution in [0.15, 0.2) is 59.8 Å². The highest BCUT2D eigenvalue weighted by Gasteiger charge is 2.18. The van der Waals surface area contributed by atoms with Gasteiger partial charge >= 0.3 is 0 Å². The zero-order valence-electron chi connectivity index (χ0n) is 15.6. The van der Waals surface area contributed by atoms with Gasteiger partial charge in [-0.25, -0.2) is 0 Å².